The van der Waals surface area contributed by atoms with Gasteiger partial charge in [0.05, 0.1) is 47.6 Å². The molecule has 2 aromatic carbocycles. The number of hydrogen-bond acceptors (Lipinski definition) is 17. The van der Waals surface area contributed by atoms with Crippen molar-refractivity contribution in [3.8, 4) is 0 Å². The fourth-order valence-electron chi connectivity index (χ4n) is 7.12. The van der Waals surface area contributed by atoms with Crippen LogP contribution < -0.4 is 0 Å². The summed E-state index contributed by atoms with van der Waals surface area (Å²) in [6.07, 6.45) is -20.5. The number of aliphatic hydroxyl groups is 3. The van der Waals surface area contributed by atoms with Crippen molar-refractivity contribution in [1.29, 1.82) is 0 Å². The van der Waals surface area contributed by atoms with Crippen molar-refractivity contribution in [3.05, 3.63) is 114 Å². The van der Waals surface area contributed by atoms with E-state index in [0.29, 0.717) is 0 Å². The highest BCUT2D eigenvalue weighted by Gasteiger charge is 2.58. The Morgan fingerprint density at radius 1 is 0.667 bits per heavy atom. The molecule has 16 atom stereocenters. The molecule has 2 saturated heterocycles. The van der Waals surface area contributed by atoms with Gasteiger partial charge in [-0.1, -0.05) is 63.8 Å². The van der Waals surface area contributed by atoms with Crippen molar-refractivity contribution in [2.45, 2.75) is 125 Å². The van der Waals surface area contributed by atoms with Crippen molar-refractivity contribution in [2.24, 2.45) is 20.5 Å². The highest BCUT2D eigenvalue weighted by molar-refractivity contribution is 5.90. The second kappa shape index (κ2) is 20.7. The van der Waals surface area contributed by atoms with Crippen LogP contribution in [0.15, 0.2) is 81.1 Å². The molecule has 0 bridgehead atoms. The maximum absolute atomic E-state index is 13.7. The minimum Gasteiger partial charge on any atom is -0.459 e. The van der Waals surface area contributed by atoms with Crippen LogP contribution in [0.3, 0.4) is 0 Å². The second-order valence-electron chi connectivity index (χ2n) is 13.8. The topological polar surface area (TPSA) is 372 Å². The summed E-state index contributed by atoms with van der Waals surface area (Å²) in [5, 5.41) is 46.9. The summed E-state index contributed by atoms with van der Waals surface area (Å²) in [4.78, 5) is 51.2. The fraction of sp³-hybridized carbons (Fsp3) is 0.571. The predicted octanol–water partition coefficient (Wildman–Crippen LogP) is 3.83. The van der Waals surface area contributed by atoms with E-state index in [1.54, 1.807) is 36.4 Å². The number of esters is 3. The van der Waals surface area contributed by atoms with Gasteiger partial charge < -0.3 is 48.5 Å². The molecule has 0 aromatic heterocycles. The zero-order chi connectivity index (χ0) is 43.5. The molecule has 2 aliphatic heterocycles. The average Bonchev–Trinajstić information content (AvgIpc) is 3.55. The first-order chi connectivity index (χ1) is 28.8. The summed E-state index contributed by atoms with van der Waals surface area (Å²) in [7, 11) is 0. The number of rotatable bonds is 15. The standard InChI is InChI=1S/C35H40N12O13/c1-15(40-44-36)25-29(55-32(52)18-10-6-4-7-11-18)31(56-33(53)19-12-8-5-9-13-19)35(57-25)60-30-27(54-17(3)49)20(41-45-37)14-21(42-46-38)28(30)59-34-22(43-47-39)23(50)24(51)26(58-34)16(2)48/h4-13,15-16,20-31,34-35,48,50-51H,14H2,1-3H3/t15-,16+,20+,21?,22?,23+,24-,25+,26?,27+,28+,29?,30?,31-,34+,35-/m0/s1. The molecule has 25 heteroatoms. The van der Waals surface area contributed by atoms with E-state index in [2.05, 4.69) is 40.1 Å². The minimum absolute atomic E-state index is 0.0476. The molecule has 318 valence electrons. The summed E-state index contributed by atoms with van der Waals surface area (Å²) in [5.41, 5.74) is 38.1. The first-order valence-corrected chi connectivity index (χ1v) is 18.4. The minimum atomic E-state index is -1.89. The smallest absolute Gasteiger partial charge is 0.338 e. The van der Waals surface area contributed by atoms with Crippen LogP contribution in [-0.2, 0) is 38.0 Å². The van der Waals surface area contributed by atoms with Gasteiger partial charge in [0.2, 0.25) is 0 Å². The summed E-state index contributed by atoms with van der Waals surface area (Å²) in [6, 6.07) is 9.73. The predicted molar refractivity (Wildman–Crippen MR) is 200 cm³/mol. The quantitative estimate of drug-likeness (QED) is 0.0756. The summed E-state index contributed by atoms with van der Waals surface area (Å²) >= 11 is 0. The van der Waals surface area contributed by atoms with Crippen LogP contribution in [0, 0.1) is 0 Å². The van der Waals surface area contributed by atoms with Crippen molar-refractivity contribution in [1.82, 2.24) is 0 Å². The zero-order valence-corrected chi connectivity index (χ0v) is 32.0. The summed E-state index contributed by atoms with van der Waals surface area (Å²) in [5.74, 6) is -2.78. The molecule has 3 fully saturated rings. The van der Waals surface area contributed by atoms with E-state index in [4.69, 9.17) is 33.2 Å². The van der Waals surface area contributed by atoms with Gasteiger partial charge in [-0.25, -0.2) is 9.59 Å². The number of nitrogens with zero attached hydrogens (tertiary/aromatic N) is 12. The molecule has 5 rings (SSSR count). The molecular formula is C35H40N12O13. The first kappa shape index (κ1) is 44.9. The monoisotopic (exact) mass is 836 g/mol. The lowest BCUT2D eigenvalue weighted by molar-refractivity contribution is -0.315. The highest BCUT2D eigenvalue weighted by Crippen LogP contribution is 2.39. The summed E-state index contributed by atoms with van der Waals surface area (Å²) < 4.78 is 42.3. The molecule has 25 nitrogen and oxygen atoms in total. The van der Waals surface area contributed by atoms with Crippen molar-refractivity contribution < 1.29 is 62.9 Å². The fourth-order valence-corrected chi connectivity index (χ4v) is 7.12. The van der Waals surface area contributed by atoms with Gasteiger partial charge >= 0.3 is 17.9 Å². The lowest BCUT2D eigenvalue weighted by Gasteiger charge is -2.48. The molecule has 0 spiro atoms. The van der Waals surface area contributed by atoms with Gasteiger partial charge in [-0.2, -0.15) is 0 Å². The van der Waals surface area contributed by atoms with Gasteiger partial charge in [0.25, 0.3) is 0 Å². The Morgan fingerprint density at radius 3 is 1.70 bits per heavy atom. The van der Waals surface area contributed by atoms with E-state index in [1.165, 1.54) is 38.1 Å². The van der Waals surface area contributed by atoms with Crippen LogP contribution in [0.25, 0.3) is 41.8 Å². The van der Waals surface area contributed by atoms with Crippen molar-refractivity contribution >= 4 is 17.9 Å². The first-order valence-electron chi connectivity index (χ1n) is 18.4. The van der Waals surface area contributed by atoms with Gasteiger partial charge in [0.1, 0.15) is 36.6 Å². The number of azide groups is 4. The Balaban J connectivity index is 1.65. The third-order valence-corrected chi connectivity index (χ3v) is 9.86. The SMILES string of the molecule is CC(=O)O[C@H]1C(O[C@@H]2O[C@H]([C@H](C)N=[N+]=[N-])C(OC(=O)c3ccccc3)[C@@H]2OC(=O)c2ccccc2)[C@H](O[C@H]2OC([C@@H](C)O)[C@@H](O)[C@H](O)C2N=[N+]=[N-])C(N=[N+]=[N-])C[C@H]1N=[N+]=[N-]. The number of carbonyl (C=O) groups excluding carboxylic acids is 3. The molecule has 0 amide bonds. The Bertz CT molecular complexity index is 2030. The molecule has 3 aliphatic rings. The molecule has 60 heavy (non-hydrogen) atoms. The number of hydrogen-bond donors (Lipinski definition) is 3. The molecule has 1 saturated carbocycles. The van der Waals surface area contributed by atoms with E-state index in [-0.39, 0.29) is 17.5 Å². The van der Waals surface area contributed by atoms with Crippen molar-refractivity contribution in [3.63, 3.8) is 0 Å². The van der Waals surface area contributed by atoms with E-state index < -0.39 is 116 Å². The molecular weight excluding hydrogens is 796 g/mol. The van der Waals surface area contributed by atoms with E-state index in [0.717, 1.165) is 6.92 Å². The number of aliphatic hydroxyl groups excluding tert-OH is 3. The van der Waals surface area contributed by atoms with Gasteiger partial charge in [0.15, 0.2) is 24.8 Å². The largest absolute Gasteiger partial charge is 0.459 e. The van der Waals surface area contributed by atoms with Crippen LogP contribution >= 0.6 is 0 Å². The van der Waals surface area contributed by atoms with Crippen LogP contribution in [0.1, 0.15) is 47.9 Å². The van der Waals surface area contributed by atoms with E-state index >= 15 is 0 Å². The maximum atomic E-state index is 13.7. The lowest BCUT2D eigenvalue weighted by atomic mass is 9.83. The number of carbonyl (C=O) groups is 3. The van der Waals surface area contributed by atoms with Crippen molar-refractivity contribution in [2.75, 3.05) is 0 Å². The normalized spacial score (nSPS) is 33.2. The van der Waals surface area contributed by atoms with Gasteiger partial charge in [0, 0.05) is 26.6 Å². The third-order valence-electron chi connectivity index (χ3n) is 9.86. The number of benzene rings is 2. The Hall–Kier alpha value is -6.19. The van der Waals surface area contributed by atoms with Gasteiger partial charge in [-0.05, 0) is 59.7 Å². The highest BCUT2D eigenvalue weighted by atomic mass is 16.8. The Labute approximate surface area is 339 Å². The lowest BCUT2D eigenvalue weighted by Crippen LogP contribution is -2.64. The maximum Gasteiger partial charge on any atom is 0.338 e. The molecule has 0 radical (unpaired) electrons. The van der Waals surface area contributed by atoms with Gasteiger partial charge in [-0.3, -0.25) is 4.79 Å². The van der Waals surface area contributed by atoms with Crippen LogP contribution in [0.4, 0.5) is 0 Å². The second-order valence-corrected chi connectivity index (χ2v) is 13.8. The average molecular weight is 837 g/mol. The third kappa shape index (κ3) is 10.3. The Morgan fingerprint density at radius 2 is 1.18 bits per heavy atom. The zero-order valence-electron chi connectivity index (χ0n) is 32.0. The Kier molecular flexibility index (Phi) is 15.5. The van der Waals surface area contributed by atoms with E-state index in [9.17, 15) is 51.8 Å². The molecule has 3 N–H and O–H groups in total. The van der Waals surface area contributed by atoms with Crippen LogP contribution in [-0.4, -0.2) is 131 Å². The van der Waals surface area contributed by atoms with E-state index in [1.807, 2.05) is 0 Å². The molecule has 2 aromatic rings. The molecule has 2 heterocycles. The van der Waals surface area contributed by atoms with Crippen LogP contribution in [0.5, 0.6) is 0 Å². The van der Waals surface area contributed by atoms with Gasteiger partial charge in [-0.15, -0.1) is 0 Å². The molecule has 5 unspecified atom stereocenters. The van der Waals surface area contributed by atoms with Crippen LogP contribution in [0.2, 0.25) is 0 Å². The summed E-state index contributed by atoms with van der Waals surface area (Å²) in [6.45, 7) is 3.69. The molecule has 1 aliphatic carbocycles. The number of ether oxygens (including phenoxy) is 7.